The van der Waals surface area contributed by atoms with E-state index in [0.29, 0.717) is 13.0 Å². The molecule has 1 aromatic rings. The summed E-state index contributed by atoms with van der Waals surface area (Å²) >= 11 is 0. The highest BCUT2D eigenvalue weighted by atomic mass is 16.4. The quantitative estimate of drug-likeness (QED) is 0.769. The van der Waals surface area contributed by atoms with E-state index in [0.717, 1.165) is 5.69 Å². The third kappa shape index (κ3) is 5.95. The molecule has 1 unspecified atom stereocenters. The zero-order chi connectivity index (χ0) is 15.8. The summed E-state index contributed by atoms with van der Waals surface area (Å²) in [4.78, 5) is 24.7. The average Bonchev–Trinajstić information content (AvgIpc) is 2.43. The summed E-state index contributed by atoms with van der Waals surface area (Å²) in [5, 5.41) is 8.73. The molecule has 5 heteroatoms. The van der Waals surface area contributed by atoms with Crippen LogP contribution in [0.25, 0.3) is 0 Å². The van der Waals surface area contributed by atoms with Gasteiger partial charge in [0.15, 0.2) is 0 Å². The van der Waals surface area contributed by atoms with Crippen LogP contribution in [0, 0.1) is 5.92 Å². The largest absolute Gasteiger partial charge is 0.481 e. The minimum Gasteiger partial charge on any atom is -0.481 e. The molecule has 1 aromatic carbocycles. The second-order valence-corrected chi connectivity index (χ2v) is 5.49. The monoisotopic (exact) mass is 292 g/mol. The molecule has 0 bridgehead atoms. The predicted molar refractivity (Wildman–Crippen MR) is 83.1 cm³/mol. The number of hydrogen-bond acceptors (Lipinski definition) is 3. The number of carboxylic acid groups (broad SMARTS) is 1. The number of anilines is 1. The number of carbonyl (C=O) groups is 2. The molecule has 1 amide bonds. The van der Waals surface area contributed by atoms with Crippen LogP contribution >= 0.6 is 0 Å². The first-order chi connectivity index (χ1) is 9.91. The molecule has 0 saturated carbocycles. The fourth-order valence-electron chi connectivity index (χ4n) is 1.94. The standard InChI is InChI=1S/C16H24N2O3/c1-12(2)14(17)11-15(19)18(10-6-9-16(20)21)13-7-4-3-5-8-13/h3-5,7-8,12,14H,6,9-11,17H2,1-2H3,(H,20,21). The van der Waals surface area contributed by atoms with Crippen LogP contribution in [0.4, 0.5) is 5.69 Å². The Morgan fingerprint density at radius 1 is 1.24 bits per heavy atom. The lowest BCUT2D eigenvalue weighted by Gasteiger charge is -2.25. The van der Waals surface area contributed by atoms with E-state index in [2.05, 4.69) is 0 Å². The SMILES string of the molecule is CC(C)C(N)CC(=O)N(CCCC(=O)O)c1ccccc1. The van der Waals surface area contributed by atoms with Crippen LogP contribution < -0.4 is 10.6 Å². The maximum Gasteiger partial charge on any atom is 0.303 e. The fraction of sp³-hybridized carbons (Fsp3) is 0.500. The van der Waals surface area contributed by atoms with Crippen molar-refractivity contribution >= 4 is 17.6 Å². The third-order valence-electron chi connectivity index (χ3n) is 3.41. The molecule has 0 aliphatic rings. The van der Waals surface area contributed by atoms with Gasteiger partial charge in [-0.05, 0) is 24.5 Å². The maximum absolute atomic E-state index is 12.4. The van der Waals surface area contributed by atoms with E-state index < -0.39 is 5.97 Å². The van der Waals surface area contributed by atoms with Gasteiger partial charge in [-0.15, -0.1) is 0 Å². The molecule has 0 saturated heterocycles. The molecule has 0 heterocycles. The lowest BCUT2D eigenvalue weighted by Crippen LogP contribution is -2.38. The van der Waals surface area contributed by atoms with Gasteiger partial charge in [0, 0.05) is 31.1 Å². The van der Waals surface area contributed by atoms with Crippen molar-refractivity contribution in [1.82, 2.24) is 0 Å². The molecule has 3 N–H and O–H groups in total. The minimum atomic E-state index is -0.852. The second-order valence-electron chi connectivity index (χ2n) is 5.49. The molecule has 1 atom stereocenters. The second kappa shape index (κ2) is 8.42. The third-order valence-corrected chi connectivity index (χ3v) is 3.41. The van der Waals surface area contributed by atoms with E-state index in [9.17, 15) is 9.59 Å². The number of benzene rings is 1. The van der Waals surface area contributed by atoms with Gasteiger partial charge >= 0.3 is 5.97 Å². The molecular weight excluding hydrogens is 268 g/mol. The summed E-state index contributed by atoms with van der Waals surface area (Å²) in [6.45, 7) is 4.35. The van der Waals surface area contributed by atoms with Gasteiger partial charge in [-0.3, -0.25) is 9.59 Å². The summed E-state index contributed by atoms with van der Waals surface area (Å²) in [5.41, 5.74) is 6.75. The number of rotatable bonds is 8. The number of nitrogens with two attached hydrogens (primary N) is 1. The minimum absolute atomic E-state index is 0.0485. The van der Waals surface area contributed by atoms with E-state index in [1.165, 1.54) is 0 Å². The summed E-state index contributed by atoms with van der Waals surface area (Å²) < 4.78 is 0. The molecule has 0 aliphatic carbocycles. The van der Waals surface area contributed by atoms with Crippen molar-refractivity contribution < 1.29 is 14.7 Å². The van der Waals surface area contributed by atoms with Crippen LogP contribution in [-0.4, -0.2) is 29.6 Å². The van der Waals surface area contributed by atoms with E-state index in [1.54, 1.807) is 4.90 Å². The average molecular weight is 292 g/mol. The van der Waals surface area contributed by atoms with Gasteiger partial charge in [0.05, 0.1) is 0 Å². The fourth-order valence-corrected chi connectivity index (χ4v) is 1.94. The summed E-state index contributed by atoms with van der Waals surface area (Å²) in [5.74, 6) is -0.687. The number of hydrogen-bond donors (Lipinski definition) is 2. The van der Waals surface area contributed by atoms with Crippen molar-refractivity contribution in [2.75, 3.05) is 11.4 Å². The Bertz CT molecular complexity index is 460. The van der Waals surface area contributed by atoms with Crippen LogP contribution in [0.15, 0.2) is 30.3 Å². The molecule has 0 radical (unpaired) electrons. The lowest BCUT2D eigenvalue weighted by molar-refractivity contribution is -0.137. The molecule has 0 fully saturated rings. The number of carbonyl (C=O) groups excluding carboxylic acids is 1. The number of amides is 1. The Morgan fingerprint density at radius 2 is 1.86 bits per heavy atom. The zero-order valence-electron chi connectivity index (χ0n) is 12.7. The van der Waals surface area contributed by atoms with Gasteiger partial charge in [0.25, 0.3) is 0 Å². The first-order valence-electron chi connectivity index (χ1n) is 7.24. The Kier molecular flexibility index (Phi) is 6.88. The smallest absolute Gasteiger partial charge is 0.303 e. The predicted octanol–water partition coefficient (Wildman–Crippen LogP) is 2.26. The van der Waals surface area contributed by atoms with Crippen LogP contribution in [0.5, 0.6) is 0 Å². The summed E-state index contributed by atoms with van der Waals surface area (Å²) in [6.07, 6.45) is 0.735. The zero-order valence-corrected chi connectivity index (χ0v) is 12.7. The number of nitrogens with zero attached hydrogens (tertiary/aromatic N) is 1. The van der Waals surface area contributed by atoms with Gasteiger partial charge in [0.2, 0.25) is 5.91 Å². The van der Waals surface area contributed by atoms with Crippen LogP contribution in [0.1, 0.15) is 33.1 Å². The highest BCUT2D eigenvalue weighted by Gasteiger charge is 2.20. The Balaban J connectivity index is 2.76. The van der Waals surface area contributed by atoms with Crippen molar-refractivity contribution in [3.05, 3.63) is 30.3 Å². The van der Waals surface area contributed by atoms with Crippen molar-refractivity contribution in [2.45, 2.75) is 39.2 Å². The molecule has 1 rings (SSSR count). The lowest BCUT2D eigenvalue weighted by atomic mass is 10.0. The van der Waals surface area contributed by atoms with Crippen molar-refractivity contribution in [3.63, 3.8) is 0 Å². The van der Waals surface area contributed by atoms with E-state index in [1.807, 2.05) is 44.2 Å². The van der Waals surface area contributed by atoms with Crippen LogP contribution in [-0.2, 0) is 9.59 Å². The van der Waals surface area contributed by atoms with E-state index >= 15 is 0 Å². The van der Waals surface area contributed by atoms with E-state index in [4.69, 9.17) is 10.8 Å². The topological polar surface area (TPSA) is 83.6 Å². The molecule has 21 heavy (non-hydrogen) atoms. The number of aliphatic carboxylic acids is 1. The summed E-state index contributed by atoms with van der Waals surface area (Å²) in [7, 11) is 0. The Morgan fingerprint density at radius 3 is 2.38 bits per heavy atom. The van der Waals surface area contributed by atoms with E-state index in [-0.39, 0.29) is 30.7 Å². The first kappa shape index (κ1) is 17.2. The van der Waals surface area contributed by atoms with Crippen LogP contribution in [0.2, 0.25) is 0 Å². The molecule has 0 aromatic heterocycles. The van der Waals surface area contributed by atoms with Gasteiger partial charge < -0.3 is 15.7 Å². The van der Waals surface area contributed by atoms with Gasteiger partial charge in [-0.25, -0.2) is 0 Å². The molecule has 116 valence electrons. The maximum atomic E-state index is 12.4. The molecular formula is C16H24N2O3. The first-order valence-corrected chi connectivity index (χ1v) is 7.24. The normalized spacial score (nSPS) is 12.2. The van der Waals surface area contributed by atoms with Gasteiger partial charge in [-0.2, -0.15) is 0 Å². The summed E-state index contributed by atoms with van der Waals surface area (Å²) in [6, 6.07) is 9.09. The highest BCUT2D eigenvalue weighted by Crippen LogP contribution is 2.17. The molecule has 0 aliphatic heterocycles. The number of carboxylic acids is 1. The van der Waals surface area contributed by atoms with Gasteiger partial charge in [0.1, 0.15) is 0 Å². The molecule has 5 nitrogen and oxygen atoms in total. The van der Waals surface area contributed by atoms with Crippen molar-refractivity contribution in [3.8, 4) is 0 Å². The van der Waals surface area contributed by atoms with Crippen LogP contribution in [0.3, 0.4) is 0 Å². The van der Waals surface area contributed by atoms with Crippen molar-refractivity contribution in [2.24, 2.45) is 11.7 Å². The number of para-hydroxylation sites is 1. The Labute approximate surface area is 125 Å². The molecule has 0 spiro atoms. The highest BCUT2D eigenvalue weighted by molar-refractivity contribution is 5.93. The van der Waals surface area contributed by atoms with Gasteiger partial charge in [-0.1, -0.05) is 32.0 Å². The Hall–Kier alpha value is -1.88. The van der Waals surface area contributed by atoms with Crippen molar-refractivity contribution in [1.29, 1.82) is 0 Å².